The van der Waals surface area contributed by atoms with Crippen molar-refractivity contribution in [2.75, 3.05) is 5.32 Å². The Kier molecular flexibility index (Phi) is 4.88. The number of hydrogen-bond donors (Lipinski definition) is 2. The minimum Gasteiger partial charge on any atom is -0.366 e. The first-order valence-electron chi connectivity index (χ1n) is 5.73. The van der Waals surface area contributed by atoms with Crippen molar-refractivity contribution in [2.24, 2.45) is 5.73 Å². The summed E-state index contributed by atoms with van der Waals surface area (Å²) in [6.07, 6.45) is 0. The first-order chi connectivity index (χ1) is 9.86. The highest BCUT2D eigenvalue weighted by Crippen LogP contribution is 2.23. The Morgan fingerprint density at radius 1 is 1.10 bits per heavy atom. The van der Waals surface area contributed by atoms with Gasteiger partial charge in [0.2, 0.25) is 5.91 Å². The number of hydrogen-bond acceptors (Lipinski definition) is 2. The van der Waals surface area contributed by atoms with Crippen LogP contribution in [-0.2, 0) is 0 Å². The largest absolute Gasteiger partial charge is 0.366 e. The van der Waals surface area contributed by atoms with E-state index in [9.17, 15) is 9.59 Å². The summed E-state index contributed by atoms with van der Waals surface area (Å²) in [5.41, 5.74) is 6.14. The van der Waals surface area contributed by atoms with Gasteiger partial charge >= 0.3 is 0 Å². The smallest absolute Gasteiger partial charge is 0.255 e. The molecule has 0 saturated heterocycles. The van der Waals surface area contributed by atoms with Gasteiger partial charge in [-0.2, -0.15) is 0 Å². The van der Waals surface area contributed by atoms with Gasteiger partial charge in [0.05, 0.1) is 10.6 Å². The van der Waals surface area contributed by atoms with Crippen molar-refractivity contribution in [1.29, 1.82) is 0 Å². The van der Waals surface area contributed by atoms with E-state index in [4.69, 9.17) is 28.9 Å². The standard InChI is InChI=1S/C14H9BrCl2N2O2/c15-8-3-7(4-9(16)5-8)14(21)19-10-1-2-12(17)11(6-10)13(18)20/h1-6H,(H2,18,20)(H,19,21). The van der Waals surface area contributed by atoms with E-state index < -0.39 is 5.91 Å². The minimum absolute atomic E-state index is 0.141. The first kappa shape index (κ1) is 15.8. The van der Waals surface area contributed by atoms with E-state index in [1.54, 1.807) is 18.2 Å². The number of amides is 2. The van der Waals surface area contributed by atoms with Crippen LogP contribution in [0.2, 0.25) is 10.0 Å². The molecule has 7 heteroatoms. The molecule has 2 rings (SSSR count). The zero-order chi connectivity index (χ0) is 15.6. The summed E-state index contributed by atoms with van der Waals surface area (Å²) >= 11 is 15.0. The minimum atomic E-state index is -0.665. The van der Waals surface area contributed by atoms with E-state index in [0.29, 0.717) is 20.7 Å². The molecule has 3 N–H and O–H groups in total. The van der Waals surface area contributed by atoms with E-state index >= 15 is 0 Å². The molecule has 0 radical (unpaired) electrons. The van der Waals surface area contributed by atoms with Crippen molar-refractivity contribution >= 4 is 56.6 Å². The summed E-state index contributed by atoms with van der Waals surface area (Å²) in [5.74, 6) is -1.03. The van der Waals surface area contributed by atoms with Crippen LogP contribution in [0.5, 0.6) is 0 Å². The van der Waals surface area contributed by atoms with Crippen molar-refractivity contribution in [3.63, 3.8) is 0 Å². The van der Waals surface area contributed by atoms with Crippen LogP contribution in [0.4, 0.5) is 5.69 Å². The molecule has 108 valence electrons. The van der Waals surface area contributed by atoms with Crippen LogP contribution < -0.4 is 11.1 Å². The molecule has 0 aliphatic heterocycles. The molecule has 0 spiro atoms. The fraction of sp³-hybridized carbons (Fsp3) is 0. The van der Waals surface area contributed by atoms with Gasteiger partial charge in [0.25, 0.3) is 5.91 Å². The Labute approximate surface area is 139 Å². The number of nitrogens with one attached hydrogen (secondary N) is 1. The number of primary amides is 1. The fourth-order valence-corrected chi connectivity index (χ4v) is 2.75. The quantitative estimate of drug-likeness (QED) is 0.831. The van der Waals surface area contributed by atoms with Gasteiger partial charge in [-0.3, -0.25) is 9.59 Å². The summed E-state index contributed by atoms with van der Waals surface area (Å²) < 4.78 is 0.689. The maximum absolute atomic E-state index is 12.1. The molecule has 2 amide bonds. The van der Waals surface area contributed by atoms with Crippen LogP contribution in [-0.4, -0.2) is 11.8 Å². The van der Waals surface area contributed by atoms with Gasteiger partial charge < -0.3 is 11.1 Å². The maximum Gasteiger partial charge on any atom is 0.255 e. The lowest BCUT2D eigenvalue weighted by Crippen LogP contribution is -2.15. The van der Waals surface area contributed by atoms with E-state index in [2.05, 4.69) is 21.2 Å². The molecule has 0 bridgehead atoms. The lowest BCUT2D eigenvalue weighted by atomic mass is 10.1. The number of rotatable bonds is 3. The Balaban J connectivity index is 2.27. The molecule has 2 aromatic carbocycles. The van der Waals surface area contributed by atoms with Gasteiger partial charge in [-0.1, -0.05) is 39.1 Å². The van der Waals surface area contributed by atoms with Gasteiger partial charge in [0.15, 0.2) is 0 Å². The van der Waals surface area contributed by atoms with Crippen LogP contribution in [0, 0.1) is 0 Å². The fourth-order valence-electron chi connectivity index (χ4n) is 1.68. The van der Waals surface area contributed by atoms with Crippen molar-refractivity contribution in [2.45, 2.75) is 0 Å². The normalized spacial score (nSPS) is 10.2. The maximum atomic E-state index is 12.1. The third kappa shape index (κ3) is 3.97. The van der Waals surface area contributed by atoms with Gasteiger partial charge in [-0.15, -0.1) is 0 Å². The molecule has 0 unspecified atom stereocenters. The summed E-state index contributed by atoms with van der Waals surface area (Å²) in [6, 6.07) is 9.32. The Hall–Kier alpha value is -1.56. The third-order valence-electron chi connectivity index (χ3n) is 2.61. The topological polar surface area (TPSA) is 72.2 Å². The summed E-state index contributed by atoms with van der Waals surface area (Å²) in [6.45, 7) is 0. The average molecular weight is 388 g/mol. The van der Waals surface area contributed by atoms with Crippen molar-refractivity contribution in [3.05, 3.63) is 62.0 Å². The second kappa shape index (κ2) is 6.47. The number of nitrogens with two attached hydrogens (primary N) is 1. The SMILES string of the molecule is NC(=O)c1cc(NC(=O)c2cc(Cl)cc(Br)c2)ccc1Cl. The van der Waals surface area contributed by atoms with Crippen LogP contribution >= 0.6 is 39.1 Å². The monoisotopic (exact) mass is 386 g/mol. The van der Waals surface area contributed by atoms with Crippen LogP contribution in [0.3, 0.4) is 0 Å². The average Bonchev–Trinajstić information content (AvgIpc) is 2.39. The highest BCUT2D eigenvalue weighted by Gasteiger charge is 2.11. The molecule has 0 atom stereocenters. The summed E-state index contributed by atoms with van der Waals surface area (Å²) in [4.78, 5) is 23.4. The lowest BCUT2D eigenvalue weighted by Gasteiger charge is -2.08. The molecule has 0 heterocycles. The van der Waals surface area contributed by atoms with Crippen molar-refractivity contribution in [1.82, 2.24) is 0 Å². The molecule has 2 aromatic rings. The lowest BCUT2D eigenvalue weighted by molar-refractivity contribution is 0.0996. The third-order valence-corrected chi connectivity index (χ3v) is 3.62. The number of carbonyl (C=O) groups is 2. The molecule has 0 fully saturated rings. The Bertz CT molecular complexity index is 715. The van der Waals surface area contributed by atoms with E-state index in [0.717, 1.165) is 0 Å². The van der Waals surface area contributed by atoms with Crippen LogP contribution in [0.25, 0.3) is 0 Å². The predicted octanol–water partition coefficient (Wildman–Crippen LogP) is 4.11. The van der Waals surface area contributed by atoms with Gasteiger partial charge in [-0.25, -0.2) is 0 Å². The zero-order valence-electron chi connectivity index (χ0n) is 10.5. The van der Waals surface area contributed by atoms with Crippen LogP contribution in [0.1, 0.15) is 20.7 Å². The molecule has 4 nitrogen and oxygen atoms in total. The van der Waals surface area contributed by atoms with E-state index in [1.165, 1.54) is 18.2 Å². The molecule has 0 aliphatic carbocycles. The molecule has 0 aliphatic rings. The first-order valence-corrected chi connectivity index (χ1v) is 7.28. The Morgan fingerprint density at radius 2 is 1.81 bits per heavy atom. The summed E-state index contributed by atoms with van der Waals surface area (Å²) in [7, 11) is 0. The molecular formula is C14H9BrCl2N2O2. The van der Waals surface area contributed by atoms with Gasteiger partial charge in [0, 0.05) is 20.7 Å². The molecular weight excluding hydrogens is 379 g/mol. The van der Waals surface area contributed by atoms with Crippen molar-refractivity contribution in [3.8, 4) is 0 Å². The van der Waals surface area contributed by atoms with Crippen molar-refractivity contribution < 1.29 is 9.59 Å². The number of anilines is 1. The number of benzene rings is 2. The second-order valence-electron chi connectivity index (χ2n) is 4.17. The van der Waals surface area contributed by atoms with Gasteiger partial charge in [0.1, 0.15) is 0 Å². The highest BCUT2D eigenvalue weighted by atomic mass is 79.9. The predicted molar refractivity (Wildman–Crippen MR) is 87.1 cm³/mol. The summed E-state index contributed by atoms with van der Waals surface area (Å²) in [5, 5.41) is 3.31. The zero-order valence-corrected chi connectivity index (χ0v) is 13.6. The van der Waals surface area contributed by atoms with E-state index in [-0.39, 0.29) is 16.5 Å². The molecule has 21 heavy (non-hydrogen) atoms. The Morgan fingerprint density at radius 3 is 2.43 bits per heavy atom. The second-order valence-corrected chi connectivity index (χ2v) is 5.93. The molecule has 0 aromatic heterocycles. The van der Waals surface area contributed by atoms with Crippen LogP contribution in [0.15, 0.2) is 40.9 Å². The van der Waals surface area contributed by atoms with E-state index in [1.807, 2.05) is 0 Å². The number of halogens is 3. The number of carbonyl (C=O) groups excluding carboxylic acids is 2. The van der Waals surface area contributed by atoms with Gasteiger partial charge in [-0.05, 0) is 36.4 Å². The highest BCUT2D eigenvalue weighted by molar-refractivity contribution is 9.10. The molecule has 0 saturated carbocycles.